The lowest BCUT2D eigenvalue weighted by molar-refractivity contribution is -0.140. The SMILES string of the molecule is CC(=O)Oc1c2c(c3ccccc3c1OC(=O)C1CCNCC1)OC(C)(C)CC2.Cl. The summed E-state index contributed by atoms with van der Waals surface area (Å²) in [5.74, 6) is 0.445. The average molecular weight is 434 g/mol. The van der Waals surface area contributed by atoms with E-state index in [0.29, 0.717) is 29.1 Å². The molecule has 7 heteroatoms. The summed E-state index contributed by atoms with van der Waals surface area (Å²) in [7, 11) is 0. The van der Waals surface area contributed by atoms with Gasteiger partial charge in [0.2, 0.25) is 0 Å². The lowest BCUT2D eigenvalue weighted by atomic mass is 9.91. The second-order valence-electron chi connectivity index (χ2n) is 8.41. The number of hydrogen-bond acceptors (Lipinski definition) is 6. The van der Waals surface area contributed by atoms with E-state index in [-0.39, 0.29) is 29.9 Å². The minimum Gasteiger partial charge on any atom is -0.487 e. The molecule has 0 amide bonds. The average Bonchev–Trinajstić information content (AvgIpc) is 2.70. The number of carbonyl (C=O) groups is 2. The molecule has 2 heterocycles. The van der Waals surface area contributed by atoms with E-state index in [9.17, 15) is 9.59 Å². The van der Waals surface area contributed by atoms with Gasteiger partial charge in [0.15, 0.2) is 11.5 Å². The van der Waals surface area contributed by atoms with Crippen LogP contribution in [0.5, 0.6) is 17.2 Å². The van der Waals surface area contributed by atoms with Crippen LogP contribution in [-0.2, 0) is 16.0 Å². The van der Waals surface area contributed by atoms with Crippen molar-refractivity contribution >= 4 is 35.1 Å². The first-order valence-electron chi connectivity index (χ1n) is 10.2. The second kappa shape index (κ2) is 8.82. The number of esters is 2. The Morgan fingerprint density at radius 1 is 1.07 bits per heavy atom. The van der Waals surface area contributed by atoms with Crippen molar-refractivity contribution in [3.63, 3.8) is 0 Å². The normalized spacial score (nSPS) is 18.0. The molecule has 30 heavy (non-hydrogen) atoms. The first-order valence-corrected chi connectivity index (χ1v) is 10.2. The van der Waals surface area contributed by atoms with Gasteiger partial charge in [-0.25, -0.2) is 0 Å². The van der Waals surface area contributed by atoms with E-state index in [1.807, 2.05) is 38.1 Å². The fraction of sp³-hybridized carbons (Fsp3) is 0.478. The molecule has 1 N–H and O–H groups in total. The highest BCUT2D eigenvalue weighted by atomic mass is 35.5. The number of fused-ring (bicyclic) bond motifs is 3. The molecule has 2 aromatic carbocycles. The molecule has 0 atom stereocenters. The van der Waals surface area contributed by atoms with Gasteiger partial charge in [-0.05, 0) is 52.6 Å². The fourth-order valence-corrected chi connectivity index (χ4v) is 4.10. The maximum atomic E-state index is 12.9. The van der Waals surface area contributed by atoms with Crippen LogP contribution in [0, 0.1) is 5.92 Å². The standard InChI is InChI=1S/C23H27NO5.ClH/c1-14(25)27-21-18-8-11-23(2,3)29-19(18)16-6-4-5-7-17(16)20(21)28-22(26)15-9-12-24-13-10-15;/h4-7,15,24H,8-13H2,1-3H3;1H. The van der Waals surface area contributed by atoms with Crippen LogP contribution in [0.15, 0.2) is 24.3 Å². The summed E-state index contributed by atoms with van der Waals surface area (Å²) in [5, 5.41) is 4.83. The molecule has 0 unspecified atom stereocenters. The predicted molar refractivity (Wildman–Crippen MR) is 117 cm³/mol. The van der Waals surface area contributed by atoms with Gasteiger partial charge < -0.3 is 19.5 Å². The van der Waals surface area contributed by atoms with Crippen molar-refractivity contribution in [2.75, 3.05) is 13.1 Å². The van der Waals surface area contributed by atoms with E-state index in [0.717, 1.165) is 43.3 Å². The number of carbonyl (C=O) groups excluding carboxylic acids is 2. The molecule has 2 aromatic rings. The van der Waals surface area contributed by atoms with E-state index < -0.39 is 5.97 Å². The van der Waals surface area contributed by atoms with Gasteiger partial charge in [0.1, 0.15) is 11.4 Å². The molecule has 6 nitrogen and oxygen atoms in total. The van der Waals surface area contributed by atoms with Crippen LogP contribution in [0.1, 0.15) is 45.6 Å². The molecule has 0 bridgehead atoms. The van der Waals surface area contributed by atoms with Crippen molar-refractivity contribution in [3.05, 3.63) is 29.8 Å². The van der Waals surface area contributed by atoms with Gasteiger partial charge in [-0.15, -0.1) is 12.4 Å². The third kappa shape index (κ3) is 4.40. The Labute approximate surface area is 182 Å². The first-order chi connectivity index (χ1) is 13.9. The number of halogens is 1. The highest BCUT2D eigenvalue weighted by Gasteiger charge is 2.34. The third-order valence-corrected chi connectivity index (χ3v) is 5.65. The molecular weight excluding hydrogens is 406 g/mol. The molecule has 0 radical (unpaired) electrons. The zero-order chi connectivity index (χ0) is 20.6. The van der Waals surface area contributed by atoms with Gasteiger partial charge in [0.05, 0.1) is 5.92 Å². The smallest absolute Gasteiger partial charge is 0.314 e. The molecular formula is C23H28ClNO5. The summed E-state index contributed by atoms with van der Waals surface area (Å²) in [6.45, 7) is 7.03. The molecule has 4 rings (SSSR count). The minimum absolute atomic E-state index is 0. The molecule has 162 valence electrons. The molecule has 2 aliphatic heterocycles. The summed E-state index contributed by atoms with van der Waals surface area (Å²) >= 11 is 0. The summed E-state index contributed by atoms with van der Waals surface area (Å²) in [6.07, 6.45) is 2.92. The van der Waals surface area contributed by atoms with E-state index in [1.54, 1.807) is 0 Å². The van der Waals surface area contributed by atoms with E-state index in [1.165, 1.54) is 6.92 Å². The topological polar surface area (TPSA) is 73.9 Å². The quantitative estimate of drug-likeness (QED) is 0.577. The second-order valence-corrected chi connectivity index (χ2v) is 8.41. The lowest BCUT2D eigenvalue weighted by Crippen LogP contribution is -2.34. The van der Waals surface area contributed by atoms with Gasteiger partial charge >= 0.3 is 11.9 Å². The van der Waals surface area contributed by atoms with Gasteiger partial charge in [-0.3, -0.25) is 9.59 Å². The van der Waals surface area contributed by atoms with Crippen LogP contribution in [0.4, 0.5) is 0 Å². The van der Waals surface area contributed by atoms with Crippen molar-refractivity contribution in [2.45, 2.75) is 52.1 Å². The Bertz CT molecular complexity index is 966. The Morgan fingerprint density at radius 2 is 1.73 bits per heavy atom. The number of hydrogen-bond donors (Lipinski definition) is 1. The monoisotopic (exact) mass is 433 g/mol. The summed E-state index contributed by atoms with van der Waals surface area (Å²) < 4.78 is 17.8. The summed E-state index contributed by atoms with van der Waals surface area (Å²) in [4.78, 5) is 24.8. The van der Waals surface area contributed by atoms with Crippen molar-refractivity contribution < 1.29 is 23.8 Å². The fourth-order valence-electron chi connectivity index (χ4n) is 4.10. The van der Waals surface area contributed by atoms with E-state index in [4.69, 9.17) is 14.2 Å². The molecule has 1 saturated heterocycles. The van der Waals surface area contributed by atoms with E-state index in [2.05, 4.69) is 5.32 Å². The van der Waals surface area contributed by atoms with Crippen LogP contribution < -0.4 is 19.5 Å². The number of ether oxygens (including phenoxy) is 3. The third-order valence-electron chi connectivity index (χ3n) is 5.65. The largest absolute Gasteiger partial charge is 0.487 e. The van der Waals surface area contributed by atoms with Crippen LogP contribution in [-0.4, -0.2) is 30.6 Å². The number of rotatable bonds is 3. The van der Waals surface area contributed by atoms with Crippen LogP contribution in [0.2, 0.25) is 0 Å². The highest BCUT2D eigenvalue weighted by Crippen LogP contribution is 2.50. The Hall–Kier alpha value is -2.31. The van der Waals surface area contributed by atoms with Crippen molar-refractivity contribution in [1.29, 1.82) is 0 Å². The number of piperidine rings is 1. The van der Waals surface area contributed by atoms with Crippen LogP contribution in [0.3, 0.4) is 0 Å². The van der Waals surface area contributed by atoms with Gasteiger partial charge in [-0.2, -0.15) is 0 Å². The lowest BCUT2D eigenvalue weighted by Gasteiger charge is -2.34. The van der Waals surface area contributed by atoms with Gasteiger partial charge in [0.25, 0.3) is 0 Å². The van der Waals surface area contributed by atoms with Crippen LogP contribution in [0.25, 0.3) is 10.8 Å². The van der Waals surface area contributed by atoms with Crippen molar-refractivity contribution in [3.8, 4) is 17.2 Å². The van der Waals surface area contributed by atoms with Crippen LogP contribution >= 0.6 is 12.4 Å². The van der Waals surface area contributed by atoms with Gasteiger partial charge in [0, 0.05) is 23.3 Å². The Morgan fingerprint density at radius 3 is 2.40 bits per heavy atom. The van der Waals surface area contributed by atoms with Crippen molar-refractivity contribution in [1.82, 2.24) is 5.32 Å². The molecule has 0 aliphatic carbocycles. The Kier molecular flexibility index (Phi) is 6.58. The zero-order valence-electron chi connectivity index (χ0n) is 17.6. The van der Waals surface area contributed by atoms with Crippen molar-refractivity contribution in [2.24, 2.45) is 5.92 Å². The maximum Gasteiger partial charge on any atom is 0.314 e. The molecule has 2 aliphatic rings. The Balaban J connectivity index is 0.00000256. The molecule has 0 aromatic heterocycles. The number of benzene rings is 2. The molecule has 0 spiro atoms. The summed E-state index contributed by atoms with van der Waals surface area (Å²) in [6, 6.07) is 7.63. The minimum atomic E-state index is -0.452. The zero-order valence-corrected chi connectivity index (χ0v) is 18.4. The highest BCUT2D eigenvalue weighted by molar-refractivity contribution is 5.99. The predicted octanol–water partition coefficient (Wildman–Crippen LogP) is 4.20. The van der Waals surface area contributed by atoms with Gasteiger partial charge in [-0.1, -0.05) is 24.3 Å². The number of nitrogens with one attached hydrogen (secondary N) is 1. The molecule has 0 saturated carbocycles. The first kappa shape index (κ1) is 22.4. The summed E-state index contributed by atoms with van der Waals surface area (Å²) in [5.41, 5.74) is 0.461. The van der Waals surface area contributed by atoms with E-state index >= 15 is 0 Å². The molecule has 1 fully saturated rings. The maximum absolute atomic E-state index is 12.9.